The molecule has 6 heteroatoms. The van der Waals surface area contributed by atoms with Gasteiger partial charge in [0.2, 0.25) is 5.28 Å². The van der Waals surface area contributed by atoms with Gasteiger partial charge >= 0.3 is 0 Å². The van der Waals surface area contributed by atoms with Crippen LogP contribution in [0.25, 0.3) is 0 Å². The van der Waals surface area contributed by atoms with Gasteiger partial charge in [0.25, 0.3) is 0 Å². The Morgan fingerprint density at radius 1 is 1.32 bits per heavy atom. The summed E-state index contributed by atoms with van der Waals surface area (Å²) in [5.41, 5.74) is 3.77. The lowest BCUT2D eigenvalue weighted by atomic mass is 9.82. The Kier molecular flexibility index (Phi) is 5.49. The fourth-order valence-electron chi connectivity index (χ4n) is 2.60. The third-order valence-electron chi connectivity index (χ3n) is 3.83. The summed E-state index contributed by atoms with van der Waals surface area (Å²) in [5.74, 6) is 3.84. The van der Waals surface area contributed by atoms with Crippen LogP contribution in [0, 0.1) is 11.5 Å². The predicted octanol–water partition coefficient (Wildman–Crippen LogP) is 3.47. The van der Waals surface area contributed by atoms with Crippen molar-refractivity contribution in [2.24, 2.45) is 0 Å². The van der Waals surface area contributed by atoms with Crippen molar-refractivity contribution in [1.82, 2.24) is 9.97 Å². The minimum absolute atomic E-state index is 0.0928. The number of aliphatic hydroxyl groups is 1. The lowest BCUT2D eigenvalue weighted by Gasteiger charge is -2.37. The molecule has 0 aliphatic heterocycles. The molecule has 0 atom stereocenters. The third-order valence-corrected chi connectivity index (χ3v) is 4.89. The Morgan fingerprint density at radius 3 is 2.59 bits per heavy atom. The van der Waals surface area contributed by atoms with Crippen LogP contribution in [-0.4, -0.2) is 35.3 Å². The fourth-order valence-corrected chi connectivity index (χ4v) is 3.25. The van der Waals surface area contributed by atoms with E-state index in [4.69, 9.17) is 11.6 Å². The van der Waals surface area contributed by atoms with Crippen molar-refractivity contribution in [3.05, 3.63) is 17.0 Å². The number of anilines is 1. The normalized spacial score (nSPS) is 17.5. The van der Waals surface area contributed by atoms with E-state index >= 15 is 0 Å². The van der Waals surface area contributed by atoms with Gasteiger partial charge in [-0.05, 0) is 24.4 Å². The Labute approximate surface area is 138 Å². The SMILES string of the molecule is C[Si](C)(C)C#Cc1cnc(Cl)nc1NC1(CO)CCCCC1. The number of hydrogen-bond acceptors (Lipinski definition) is 4. The van der Waals surface area contributed by atoms with Crippen molar-refractivity contribution >= 4 is 25.5 Å². The van der Waals surface area contributed by atoms with Gasteiger partial charge in [-0.2, -0.15) is 4.98 Å². The number of nitrogens with zero attached hydrogens (tertiary/aromatic N) is 2. The van der Waals surface area contributed by atoms with Crippen LogP contribution in [0.2, 0.25) is 24.9 Å². The smallest absolute Gasteiger partial charge is 0.224 e. The fraction of sp³-hybridized carbons (Fsp3) is 0.625. The van der Waals surface area contributed by atoms with Crippen molar-refractivity contribution in [2.75, 3.05) is 11.9 Å². The van der Waals surface area contributed by atoms with Crippen LogP contribution < -0.4 is 5.32 Å². The molecule has 1 aliphatic carbocycles. The third kappa shape index (κ3) is 4.70. The Morgan fingerprint density at radius 2 is 2.00 bits per heavy atom. The summed E-state index contributed by atoms with van der Waals surface area (Å²) in [7, 11) is -1.48. The number of nitrogens with one attached hydrogen (secondary N) is 1. The number of halogens is 1. The molecule has 4 nitrogen and oxygen atoms in total. The molecule has 0 unspecified atom stereocenters. The Balaban J connectivity index is 2.32. The second-order valence-corrected chi connectivity index (χ2v) is 12.1. The van der Waals surface area contributed by atoms with Crippen LogP contribution in [0.1, 0.15) is 37.7 Å². The first-order chi connectivity index (χ1) is 10.3. The van der Waals surface area contributed by atoms with Gasteiger partial charge in [-0.1, -0.05) is 44.8 Å². The van der Waals surface area contributed by atoms with Crippen LogP contribution in [0.4, 0.5) is 5.82 Å². The highest BCUT2D eigenvalue weighted by molar-refractivity contribution is 6.83. The molecule has 0 bridgehead atoms. The second kappa shape index (κ2) is 6.99. The summed E-state index contributed by atoms with van der Waals surface area (Å²) >= 11 is 5.95. The van der Waals surface area contributed by atoms with E-state index in [9.17, 15) is 5.11 Å². The molecule has 0 spiro atoms. The van der Waals surface area contributed by atoms with Gasteiger partial charge in [-0.15, -0.1) is 5.54 Å². The molecule has 0 amide bonds. The molecule has 1 saturated carbocycles. The predicted molar refractivity (Wildman–Crippen MR) is 93.8 cm³/mol. The number of hydrogen-bond donors (Lipinski definition) is 2. The number of rotatable bonds is 3. The Hall–Kier alpha value is -1.09. The van der Waals surface area contributed by atoms with Gasteiger partial charge in [-0.3, -0.25) is 0 Å². The topological polar surface area (TPSA) is 58.0 Å². The first kappa shape index (κ1) is 17.3. The zero-order valence-electron chi connectivity index (χ0n) is 13.5. The second-order valence-electron chi connectivity index (χ2n) is 7.03. The van der Waals surface area contributed by atoms with Crippen LogP contribution in [0.5, 0.6) is 0 Å². The first-order valence-corrected chi connectivity index (χ1v) is 11.7. The molecule has 0 saturated heterocycles. The Bertz CT molecular complexity index is 583. The summed E-state index contributed by atoms with van der Waals surface area (Å²) in [6.45, 7) is 6.68. The van der Waals surface area contributed by atoms with Gasteiger partial charge in [0.1, 0.15) is 13.9 Å². The van der Waals surface area contributed by atoms with E-state index in [-0.39, 0.29) is 17.4 Å². The molecule has 0 aromatic carbocycles. The number of aliphatic hydroxyl groups excluding tert-OH is 1. The first-order valence-electron chi connectivity index (χ1n) is 7.78. The zero-order chi connectivity index (χ0) is 16.2. The maximum atomic E-state index is 9.85. The van der Waals surface area contributed by atoms with Crippen LogP contribution in [-0.2, 0) is 0 Å². The van der Waals surface area contributed by atoms with Crippen LogP contribution >= 0.6 is 11.6 Å². The van der Waals surface area contributed by atoms with E-state index in [1.165, 1.54) is 6.42 Å². The molecule has 2 N–H and O–H groups in total. The maximum Gasteiger partial charge on any atom is 0.224 e. The molecule has 2 rings (SSSR count). The van der Waals surface area contributed by atoms with E-state index in [1.54, 1.807) is 6.20 Å². The van der Waals surface area contributed by atoms with E-state index in [2.05, 4.69) is 46.4 Å². The van der Waals surface area contributed by atoms with Gasteiger partial charge in [0.15, 0.2) is 0 Å². The van der Waals surface area contributed by atoms with Crippen LogP contribution in [0.3, 0.4) is 0 Å². The van der Waals surface area contributed by atoms with Gasteiger partial charge in [-0.25, -0.2) is 4.98 Å². The summed E-state index contributed by atoms with van der Waals surface area (Å²) in [6.07, 6.45) is 6.98. The van der Waals surface area contributed by atoms with E-state index in [1.807, 2.05) is 0 Å². The summed E-state index contributed by atoms with van der Waals surface area (Å²) in [6, 6.07) is 0. The summed E-state index contributed by atoms with van der Waals surface area (Å²) in [4.78, 5) is 8.35. The molecule has 1 aromatic heterocycles. The molecule has 1 aromatic rings. The average molecular weight is 338 g/mol. The highest BCUT2D eigenvalue weighted by atomic mass is 35.5. The quantitative estimate of drug-likeness (QED) is 0.504. The molecular weight excluding hydrogens is 314 g/mol. The van der Waals surface area contributed by atoms with Crippen molar-refractivity contribution < 1.29 is 5.11 Å². The lowest BCUT2D eigenvalue weighted by molar-refractivity contribution is 0.172. The van der Waals surface area contributed by atoms with E-state index in [0.717, 1.165) is 31.2 Å². The average Bonchev–Trinajstić information content (AvgIpc) is 2.46. The minimum Gasteiger partial charge on any atom is -0.394 e. The highest BCUT2D eigenvalue weighted by Gasteiger charge is 2.32. The van der Waals surface area contributed by atoms with E-state index in [0.29, 0.717) is 5.82 Å². The molecule has 0 radical (unpaired) electrons. The van der Waals surface area contributed by atoms with Gasteiger partial charge < -0.3 is 10.4 Å². The van der Waals surface area contributed by atoms with Crippen molar-refractivity contribution in [1.29, 1.82) is 0 Å². The maximum absolute atomic E-state index is 9.85. The molecule has 22 heavy (non-hydrogen) atoms. The lowest BCUT2D eigenvalue weighted by Crippen LogP contribution is -2.44. The zero-order valence-corrected chi connectivity index (χ0v) is 15.3. The minimum atomic E-state index is -1.48. The van der Waals surface area contributed by atoms with Gasteiger partial charge in [0.05, 0.1) is 17.7 Å². The molecule has 120 valence electrons. The van der Waals surface area contributed by atoms with Crippen molar-refractivity contribution in [2.45, 2.75) is 57.3 Å². The molecule has 1 aliphatic rings. The molecule has 1 heterocycles. The summed E-state index contributed by atoms with van der Waals surface area (Å²) in [5, 5.41) is 13.5. The van der Waals surface area contributed by atoms with Crippen molar-refractivity contribution in [3.8, 4) is 11.5 Å². The standard InChI is InChI=1S/C16H24ClN3OSi/c1-22(2,3)10-7-13-11-18-15(17)19-14(13)20-16(12-21)8-5-4-6-9-16/h11,21H,4-6,8-9,12H2,1-3H3,(H,18,19,20). The van der Waals surface area contributed by atoms with Crippen molar-refractivity contribution in [3.63, 3.8) is 0 Å². The largest absolute Gasteiger partial charge is 0.394 e. The monoisotopic (exact) mass is 337 g/mol. The molecular formula is C16H24ClN3OSi. The highest BCUT2D eigenvalue weighted by Crippen LogP contribution is 2.31. The summed E-state index contributed by atoms with van der Waals surface area (Å²) < 4.78 is 0. The molecule has 1 fully saturated rings. The van der Waals surface area contributed by atoms with Gasteiger partial charge in [0, 0.05) is 6.20 Å². The van der Waals surface area contributed by atoms with E-state index < -0.39 is 8.07 Å². The van der Waals surface area contributed by atoms with Crippen LogP contribution in [0.15, 0.2) is 6.20 Å². The number of aromatic nitrogens is 2.